The molecule has 2 rings (SSSR count). The molecular formula is C10H13NO. The van der Waals surface area contributed by atoms with Crippen LogP contribution in [0.1, 0.15) is 32.1 Å². The van der Waals surface area contributed by atoms with Gasteiger partial charge in [0.1, 0.15) is 5.92 Å². The van der Waals surface area contributed by atoms with Crippen LogP contribution in [0.4, 0.5) is 0 Å². The maximum Gasteiger partial charge on any atom is 0.150 e. The monoisotopic (exact) mass is 163 g/mol. The minimum Gasteiger partial charge on any atom is -0.298 e. The molecule has 0 aromatic carbocycles. The average molecular weight is 163 g/mol. The summed E-state index contributed by atoms with van der Waals surface area (Å²) < 4.78 is 0. The third-order valence-electron chi connectivity index (χ3n) is 3.35. The molecule has 2 fully saturated rings. The molecule has 0 spiro atoms. The Kier molecular flexibility index (Phi) is 1.88. The molecule has 0 aromatic heterocycles. The molecule has 2 nitrogen and oxygen atoms in total. The molecule has 3 atom stereocenters. The Bertz CT molecular complexity index is 241. The van der Waals surface area contributed by atoms with Crippen molar-refractivity contribution in [1.82, 2.24) is 0 Å². The smallest absolute Gasteiger partial charge is 0.150 e. The van der Waals surface area contributed by atoms with E-state index in [-0.39, 0.29) is 11.7 Å². The van der Waals surface area contributed by atoms with Crippen LogP contribution < -0.4 is 0 Å². The van der Waals surface area contributed by atoms with Crippen molar-refractivity contribution in [3.05, 3.63) is 0 Å². The second kappa shape index (κ2) is 2.90. The second-order valence-electron chi connectivity index (χ2n) is 3.99. The van der Waals surface area contributed by atoms with E-state index in [0.29, 0.717) is 18.3 Å². The summed E-state index contributed by atoms with van der Waals surface area (Å²) in [5.41, 5.74) is 0. The first-order valence-electron chi connectivity index (χ1n) is 4.75. The summed E-state index contributed by atoms with van der Waals surface area (Å²) in [5, 5.41) is 8.80. The molecule has 0 radical (unpaired) electrons. The molecule has 0 aromatic rings. The minimum atomic E-state index is -0.254. The van der Waals surface area contributed by atoms with Crippen LogP contribution in [-0.2, 0) is 4.79 Å². The topological polar surface area (TPSA) is 40.9 Å². The predicted molar refractivity (Wildman–Crippen MR) is 44.2 cm³/mol. The molecule has 2 aliphatic rings. The normalized spacial score (nSPS) is 40.6. The number of nitrogens with zero attached hydrogens (tertiary/aromatic N) is 1. The fourth-order valence-electron chi connectivity index (χ4n) is 2.72. The van der Waals surface area contributed by atoms with Crippen molar-refractivity contribution < 1.29 is 4.79 Å². The Morgan fingerprint density at radius 3 is 2.83 bits per heavy atom. The fourth-order valence-corrected chi connectivity index (χ4v) is 2.72. The van der Waals surface area contributed by atoms with Gasteiger partial charge in [-0.1, -0.05) is 12.8 Å². The molecule has 12 heavy (non-hydrogen) atoms. The lowest BCUT2D eigenvalue weighted by Gasteiger charge is -2.25. The third-order valence-corrected chi connectivity index (χ3v) is 3.35. The Balaban J connectivity index is 2.17. The van der Waals surface area contributed by atoms with Crippen LogP contribution in [0.2, 0.25) is 0 Å². The highest BCUT2D eigenvalue weighted by Crippen LogP contribution is 2.43. The predicted octanol–water partition coefficient (Wildman–Crippen LogP) is 1.91. The fraction of sp³-hybridized carbons (Fsp3) is 0.800. The molecule has 0 amide bonds. The summed E-state index contributed by atoms with van der Waals surface area (Å²) in [4.78, 5) is 11.3. The highest BCUT2D eigenvalue weighted by Gasteiger charge is 2.43. The Hall–Kier alpha value is -0.840. The number of carbonyl (C=O) groups excluding carboxylic acids is 1. The van der Waals surface area contributed by atoms with Gasteiger partial charge in [0.2, 0.25) is 0 Å². The zero-order valence-electron chi connectivity index (χ0n) is 7.12. The maximum atomic E-state index is 11.3. The summed E-state index contributed by atoms with van der Waals surface area (Å²) in [6.07, 6.45) is 5.44. The molecule has 64 valence electrons. The van der Waals surface area contributed by atoms with Gasteiger partial charge in [-0.25, -0.2) is 0 Å². The minimum absolute atomic E-state index is 0.203. The molecule has 0 bridgehead atoms. The van der Waals surface area contributed by atoms with E-state index in [1.807, 2.05) is 0 Å². The van der Waals surface area contributed by atoms with Gasteiger partial charge in [-0.05, 0) is 24.7 Å². The second-order valence-corrected chi connectivity index (χ2v) is 3.99. The number of rotatable bonds is 0. The van der Waals surface area contributed by atoms with Gasteiger partial charge in [0.05, 0.1) is 6.07 Å². The number of fused-ring (bicyclic) bond motifs is 1. The molecule has 2 saturated carbocycles. The van der Waals surface area contributed by atoms with Crippen LogP contribution in [-0.4, -0.2) is 5.78 Å². The van der Waals surface area contributed by atoms with Crippen LogP contribution >= 0.6 is 0 Å². The van der Waals surface area contributed by atoms with Gasteiger partial charge in [0, 0.05) is 6.42 Å². The summed E-state index contributed by atoms with van der Waals surface area (Å²) in [5.74, 6) is 0.914. The van der Waals surface area contributed by atoms with E-state index in [4.69, 9.17) is 5.26 Å². The van der Waals surface area contributed by atoms with E-state index >= 15 is 0 Å². The first-order chi connectivity index (χ1) is 5.83. The van der Waals surface area contributed by atoms with E-state index in [1.54, 1.807) is 0 Å². The number of ketones is 1. The van der Waals surface area contributed by atoms with E-state index in [2.05, 4.69) is 6.07 Å². The molecule has 1 unspecified atom stereocenters. The third kappa shape index (κ3) is 1.04. The van der Waals surface area contributed by atoms with Crippen LogP contribution in [0.5, 0.6) is 0 Å². The van der Waals surface area contributed by atoms with Crippen LogP contribution in [0.15, 0.2) is 0 Å². The molecule has 2 heteroatoms. The van der Waals surface area contributed by atoms with E-state index in [0.717, 1.165) is 6.42 Å². The zero-order chi connectivity index (χ0) is 8.55. The van der Waals surface area contributed by atoms with Gasteiger partial charge in [-0.2, -0.15) is 5.26 Å². The van der Waals surface area contributed by atoms with E-state index < -0.39 is 0 Å². The van der Waals surface area contributed by atoms with Crippen molar-refractivity contribution in [2.45, 2.75) is 32.1 Å². The largest absolute Gasteiger partial charge is 0.298 e. The Morgan fingerprint density at radius 1 is 1.33 bits per heavy atom. The first kappa shape index (κ1) is 7.79. The average Bonchev–Trinajstić information content (AvgIpc) is 2.40. The standard InChI is InChI=1S/C10H13NO/c11-6-9-8-4-2-1-3-7(8)5-10(9)12/h7-9H,1-5H2/t7-,8-,9?/m1/s1. The summed E-state index contributed by atoms with van der Waals surface area (Å²) in [7, 11) is 0. The number of hydrogen-bond acceptors (Lipinski definition) is 2. The number of hydrogen-bond donors (Lipinski definition) is 0. The van der Waals surface area contributed by atoms with Crippen LogP contribution in [0, 0.1) is 29.1 Å². The molecule has 0 aliphatic heterocycles. The van der Waals surface area contributed by atoms with Gasteiger partial charge in [-0.3, -0.25) is 4.79 Å². The summed E-state index contributed by atoms with van der Waals surface area (Å²) >= 11 is 0. The highest BCUT2D eigenvalue weighted by molar-refractivity contribution is 5.86. The lowest BCUT2D eigenvalue weighted by atomic mass is 9.78. The van der Waals surface area contributed by atoms with Gasteiger partial charge >= 0.3 is 0 Å². The molecule has 0 saturated heterocycles. The quantitative estimate of drug-likeness (QED) is 0.547. The Labute approximate surface area is 72.6 Å². The van der Waals surface area contributed by atoms with E-state index in [9.17, 15) is 4.79 Å². The van der Waals surface area contributed by atoms with Crippen molar-refractivity contribution in [3.8, 4) is 6.07 Å². The summed E-state index contributed by atoms with van der Waals surface area (Å²) in [6, 6.07) is 2.16. The maximum absolute atomic E-state index is 11.3. The molecule has 0 N–H and O–H groups in total. The summed E-state index contributed by atoms with van der Waals surface area (Å²) in [6.45, 7) is 0. The van der Waals surface area contributed by atoms with Crippen molar-refractivity contribution in [2.75, 3.05) is 0 Å². The first-order valence-corrected chi connectivity index (χ1v) is 4.75. The SMILES string of the molecule is N#CC1C(=O)C[C@H]2CCCC[C@@H]12. The van der Waals surface area contributed by atoms with Gasteiger partial charge < -0.3 is 0 Å². The molecule has 0 heterocycles. The van der Waals surface area contributed by atoms with Crippen molar-refractivity contribution in [2.24, 2.45) is 17.8 Å². The van der Waals surface area contributed by atoms with Gasteiger partial charge in [0.25, 0.3) is 0 Å². The van der Waals surface area contributed by atoms with Crippen molar-refractivity contribution in [3.63, 3.8) is 0 Å². The van der Waals surface area contributed by atoms with Gasteiger partial charge in [0.15, 0.2) is 5.78 Å². The number of Topliss-reactive ketones (excluding diaryl/α,β-unsaturated/α-hetero) is 1. The number of nitriles is 1. The van der Waals surface area contributed by atoms with E-state index in [1.165, 1.54) is 19.3 Å². The van der Waals surface area contributed by atoms with Crippen LogP contribution in [0.25, 0.3) is 0 Å². The Morgan fingerprint density at radius 2 is 2.08 bits per heavy atom. The molecule has 2 aliphatic carbocycles. The lowest BCUT2D eigenvalue weighted by Crippen LogP contribution is -2.19. The highest BCUT2D eigenvalue weighted by atomic mass is 16.1. The lowest BCUT2D eigenvalue weighted by molar-refractivity contribution is -0.119. The van der Waals surface area contributed by atoms with Crippen molar-refractivity contribution >= 4 is 5.78 Å². The number of carbonyl (C=O) groups is 1. The van der Waals surface area contributed by atoms with Crippen LogP contribution in [0.3, 0.4) is 0 Å². The van der Waals surface area contributed by atoms with Crippen molar-refractivity contribution in [1.29, 1.82) is 5.26 Å². The van der Waals surface area contributed by atoms with Gasteiger partial charge in [-0.15, -0.1) is 0 Å². The zero-order valence-corrected chi connectivity index (χ0v) is 7.12. The molecular weight excluding hydrogens is 150 g/mol.